The molecule has 0 spiro atoms. The quantitative estimate of drug-likeness (QED) is 0.343. The average Bonchev–Trinajstić information content (AvgIpc) is 2.78. The third kappa shape index (κ3) is 6.09. The standard InChI is InChI=1S/C25H25BrCl2N2O/c26-20-7-10-25(31-17-18-5-4-6-21(27)13-18)19(14-20)16-29-22-8-9-24(23(28)15-22)30-11-2-1-3-12-30/h4-10,13-15,29H,1-3,11-12,16-17H2. The highest BCUT2D eigenvalue weighted by molar-refractivity contribution is 9.10. The molecule has 4 rings (SSSR count). The lowest BCUT2D eigenvalue weighted by atomic mass is 10.1. The summed E-state index contributed by atoms with van der Waals surface area (Å²) in [5.41, 5.74) is 4.22. The molecule has 0 bridgehead atoms. The molecule has 1 fully saturated rings. The summed E-state index contributed by atoms with van der Waals surface area (Å²) < 4.78 is 7.10. The smallest absolute Gasteiger partial charge is 0.124 e. The molecule has 3 nitrogen and oxygen atoms in total. The Balaban J connectivity index is 1.43. The van der Waals surface area contributed by atoms with Crippen LogP contribution in [0.4, 0.5) is 11.4 Å². The number of rotatable bonds is 7. The van der Waals surface area contributed by atoms with E-state index in [9.17, 15) is 0 Å². The van der Waals surface area contributed by atoms with Crippen molar-refractivity contribution >= 4 is 50.5 Å². The molecule has 0 aromatic heterocycles. The maximum Gasteiger partial charge on any atom is 0.124 e. The van der Waals surface area contributed by atoms with Crippen molar-refractivity contribution in [1.29, 1.82) is 0 Å². The summed E-state index contributed by atoms with van der Waals surface area (Å²) in [6.45, 7) is 3.25. The summed E-state index contributed by atoms with van der Waals surface area (Å²) in [6.07, 6.45) is 3.77. The highest BCUT2D eigenvalue weighted by Crippen LogP contribution is 2.32. The second-order valence-electron chi connectivity index (χ2n) is 7.74. The summed E-state index contributed by atoms with van der Waals surface area (Å²) in [6, 6.07) is 20.0. The van der Waals surface area contributed by atoms with Crippen LogP contribution in [0.3, 0.4) is 0 Å². The molecule has 0 saturated carbocycles. The molecule has 1 saturated heterocycles. The van der Waals surface area contributed by atoms with Crippen LogP contribution < -0.4 is 15.0 Å². The van der Waals surface area contributed by atoms with Crippen LogP contribution in [-0.4, -0.2) is 13.1 Å². The molecule has 0 amide bonds. The van der Waals surface area contributed by atoms with Gasteiger partial charge < -0.3 is 15.0 Å². The van der Waals surface area contributed by atoms with E-state index in [0.29, 0.717) is 18.2 Å². The predicted molar refractivity (Wildman–Crippen MR) is 135 cm³/mol. The fourth-order valence-electron chi connectivity index (χ4n) is 3.82. The highest BCUT2D eigenvalue weighted by Gasteiger charge is 2.14. The first-order valence-corrected chi connectivity index (χ1v) is 12.1. The summed E-state index contributed by atoms with van der Waals surface area (Å²) in [4.78, 5) is 2.38. The molecule has 1 aliphatic rings. The lowest BCUT2D eigenvalue weighted by Gasteiger charge is -2.29. The number of benzene rings is 3. The maximum absolute atomic E-state index is 6.61. The van der Waals surface area contributed by atoms with Crippen molar-refractivity contribution in [3.8, 4) is 5.75 Å². The molecule has 1 heterocycles. The molecule has 1 aliphatic heterocycles. The first-order chi connectivity index (χ1) is 15.1. The van der Waals surface area contributed by atoms with Crippen LogP contribution in [0.15, 0.2) is 65.1 Å². The van der Waals surface area contributed by atoms with E-state index < -0.39 is 0 Å². The van der Waals surface area contributed by atoms with Gasteiger partial charge in [0.25, 0.3) is 0 Å². The van der Waals surface area contributed by atoms with Crippen LogP contribution in [0.2, 0.25) is 10.0 Å². The Bertz CT molecular complexity index is 1040. The fourth-order valence-corrected chi connectivity index (χ4v) is 4.74. The summed E-state index contributed by atoms with van der Waals surface area (Å²) in [5.74, 6) is 0.840. The Labute approximate surface area is 202 Å². The van der Waals surface area contributed by atoms with E-state index in [4.69, 9.17) is 27.9 Å². The molecular weight excluding hydrogens is 495 g/mol. The van der Waals surface area contributed by atoms with Gasteiger partial charge in [-0.15, -0.1) is 0 Å². The van der Waals surface area contributed by atoms with Crippen LogP contribution in [0, 0.1) is 0 Å². The fraction of sp³-hybridized carbons (Fsp3) is 0.280. The first-order valence-electron chi connectivity index (χ1n) is 10.5. The molecule has 0 aliphatic carbocycles. The Morgan fingerprint density at radius 1 is 0.935 bits per heavy atom. The van der Waals surface area contributed by atoms with Gasteiger partial charge in [0.05, 0.1) is 10.7 Å². The van der Waals surface area contributed by atoms with Crippen molar-refractivity contribution in [3.05, 3.63) is 86.3 Å². The van der Waals surface area contributed by atoms with Gasteiger partial charge in [-0.3, -0.25) is 0 Å². The van der Waals surface area contributed by atoms with Crippen molar-refractivity contribution in [3.63, 3.8) is 0 Å². The number of halogens is 3. The Hall–Kier alpha value is -1.88. The molecule has 3 aromatic carbocycles. The van der Waals surface area contributed by atoms with Crippen LogP contribution in [0.5, 0.6) is 5.75 Å². The maximum atomic E-state index is 6.61. The third-order valence-corrected chi connectivity index (χ3v) is 6.46. The average molecular weight is 520 g/mol. The first kappa shape index (κ1) is 22.3. The highest BCUT2D eigenvalue weighted by atomic mass is 79.9. The Morgan fingerprint density at radius 3 is 2.55 bits per heavy atom. The van der Waals surface area contributed by atoms with Crippen molar-refractivity contribution in [2.75, 3.05) is 23.3 Å². The number of nitrogens with zero attached hydrogens (tertiary/aromatic N) is 1. The van der Waals surface area contributed by atoms with Crippen molar-refractivity contribution < 1.29 is 4.74 Å². The van der Waals surface area contributed by atoms with Gasteiger partial charge in [0.2, 0.25) is 0 Å². The number of anilines is 2. The number of ether oxygens (including phenoxy) is 1. The van der Waals surface area contributed by atoms with Gasteiger partial charge in [0.1, 0.15) is 12.4 Å². The van der Waals surface area contributed by atoms with Gasteiger partial charge >= 0.3 is 0 Å². The lowest BCUT2D eigenvalue weighted by molar-refractivity contribution is 0.303. The monoisotopic (exact) mass is 518 g/mol. The normalized spacial score (nSPS) is 13.8. The van der Waals surface area contributed by atoms with Crippen molar-refractivity contribution in [2.24, 2.45) is 0 Å². The third-order valence-electron chi connectivity index (χ3n) is 5.43. The Morgan fingerprint density at radius 2 is 1.77 bits per heavy atom. The minimum absolute atomic E-state index is 0.464. The molecule has 3 aromatic rings. The zero-order chi connectivity index (χ0) is 21.6. The van der Waals surface area contributed by atoms with E-state index >= 15 is 0 Å². The minimum atomic E-state index is 0.464. The van der Waals surface area contributed by atoms with E-state index in [1.807, 2.05) is 42.5 Å². The topological polar surface area (TPSA) is 24.5 Å². The molecule has 0 atom stereocenters. The molecule has 162 valence electrons. The summed E-state index contributed by atoms with van der Waals surface area (Å²) >= 11 is 16.3. The summed E-state index contributed by atoms with van der Waals surface area (Å²) in [5, 5.41) is 4.98. The molecule has 0 radical (unpaired) electrons. The summed E-state index contributed by atoms with van der Waals surface area (Å²) in [7, 11) is 0. The SMILES string of the molecule is Clc1cccc(COc2ccc(Br)cc2CNc2ccc(N3CCCCC3)c(Cl)c2)c1. The zero-order valence-electron chi connectivity index (χ0n) is 17.2. The van der Waals surface area contributed by atoms with E-state index in [2.05, 4.69) is 44.3 Å². The van der Waals surface area contributed by atoms with Gasteiger partial charge in [-0.25, -0.2) is 0 Å². The van der Waals surface area contributed by atoms with Gasteiger partial charge in [0, 0.05) is 40.4 Å². The van der Waals surface area contributed by atoms with E-state index in [-0.39, 0.29) is 0 Å². The van der Waals surface area contributed by atoms with Gasteiger partial charge in [-0.05, 0) is 73.4 Å². The van der Waals surface area contributed by atoms with Crippen LogP contribution in [0.25, 0.3) is 0 Å². The molecule has 1 N–H and O–H groups in total. The second-order valence-corrected chi connectivity index (χ2v) is 9.50. The number of piperidine rings is 1. The van der Waals surface area contributed by atoms with E-state index in [1.165, 1.54) is 19.3 Å². The molecule has 31 heavy (non-hydrogen) atoms. The Kier molecular flexibility index (Phi) is 7.65. The molecule has 6 heteroatoms. The number of hydrogen-bond donors (Lipinski definition) is 1. The van der Waals surface area contributed by atoms with Gasteiger partial charge in [-0.2, -0.15) is 0 Å². The molecular formula is C25H25BrCl2N2O. The zero-order valence-corrected chi connectivity index (χ0v) is 20.3. The van der Waals surface area contributed by atoms with Crippen molar-refractivity contribution in [1.82, 2.24) is 0 Å². The van der Waals surface area contributed by atoms with Crippen LogP contribution in [0.1, 0.15) is 30.4 Å². The van der Waals surface area contributed by atoms with Gasteiger partial charge in [-0.1, -0.05) is 51.3 Å². The largest absolute Gasteiger partial charge is 0.489 e. The van der Waals surface area contributed by atoms with E-state index in [0.717, 1.165) is 50.8 Å². The molecule has 0 unspecified atom stereocenters. The van der Waals surface area contributed by atoms with Crippen LogP contribution >= 0.6 is 39.1 Å². The number of nitrogens with one attached hydrogen (secondary N) is 1. The van der Waals surface area contributed by atoms with E-state index in [1.54, 1.807) is 0 Å². The minimum Gasteiger partial charge on any atom is -0.489 e. The van der Waals surface area contributed by atoms with Crippen LogP contribution in [-0.2, 0) is 13.2 Å². The van der Waals surface area contributed by atoms with Crippen molar-refractivity contribution in [2.45, 2.75) is 32.4 Å². The number of hydrogen-bond acceptors (Lipinski definition) is 3. The van der Waals surface area contributed by atoms with Gasteiger partial charge in [0.15, 0.2) is 0 Å². The second kappa shape index (κ2) is 10.6. The predicted octanol–water partition coefficient (Wildman–Crippen LogP) is 7.94. The lowest BCUT2D eigenvalue weighted by Crippen LogP contribution is -2.29.